The molecule has 0 spiro atoms. The first-order chi connectivity index (χ1) is 8.83. The highest BCUT2D eigenvalue weighted by molar-refractivity contribution is 5.74. The van der Waals surface area contributed by atoms with Gasteiger partial charge in [0.25, 0.3) is 0 Å². The Bertz CT molecular complexity index is 335. The molecule has 2 saturated heterocycles. The van der Waals surface area contributed by atoms with Gasteiger partial charge in [-0.1, -0.05) is 0 Å². The van der Waals surface area contributed by atoms with Gasteiger partial charge in [-0.15, -0.1) is 0 Å². The third kappa shape index (κ3) is 2.94. The van der Waals surface area contributed by atoms with Gasteiger partial charge in [-0.05, 0) is 0 Å². The fourth-order valence-electron chi connectivity index (χ4n) is 2.31. The maximum Gasteiger partial charge on any atom is 0.417 e. The average molecular weight is 282 g/mol. The molecule has 0 radical (unpaired) electrons. The van der Waals surface area contributed by atoms with Crippen LogP contribution >= 0.6 is 0 Å². The first kappa shape index (κ1) is 14.4. The second kappa shape index (κ2) is 5.16. The van der Waals surface area contributed by atoms with Crippen molar-refractivity contribution in [2.45, 2.75) is 24.6 Å². The second-order valence-corrected chi connectivity index (χ2v) is 4.90. The lowest BCUT2D eigenvalue weighted by atomic mass is 9.91. The highest BCUT2D eigenvalue weighted by Crippen LogP contribution is 2.38. The SMILES string of the molecule is O=C(N1CCOCC1)N1CCC(O)(C(F)(F)F)CC1. The molecule has 110 valence electrons. The first-order valence-electron chi connectivity index (χ1n) is 6.24. The van der Waals surface area contributed by atoms with Gasteiger partial charge in [0.15, 0.2) is 5.60 Å². The Morgan fingerprint density at radius 2 is 1.53 bits per heavy atom. The van der Waals surface area contributed by atoms with Gasteiger partial charge in [0, 0.05) is 39.0 Å². The lowest BCUT2D eigenvalue weighted by Gasteiger charge is -2.41. The summed E-state index contributed by atoms with van der Waals surface area (Å²) >= 11 is 0. The van der Waals surface area contributed by atoms with E-state index in [4.69, 9.17) is 4.74 Å². The van der Waals surface area contributed by atoms with Crippen molar-refractivity contribution in [1.82, 2.24) is 9.80 Å². The highest BCUT2D eigenvalue weighted by Gasteiger charge is 2.55. The minimum Gasteiger partial charge on any atom is -0.380 e. The molecule has 2 fully saturated rings. The zero-order valence-electron chi connectivity index (χ0n) is 10.4. The normalized spacial score (nSPS) is 24.4. The van der Waals surface area contributed by atoms with E-state index in [-0.39, 0.29) is 19.1 Å². The van der Waals surface area contributed by atoms with Crippen molar-refractivity contribution in [3.63, 3.8) is 0 Å². The summed E-state index contributed by atoms with van der Waals surface area (Å²) in [6.07, 6.45) is -5.57. The van der Waals surface area contributed by atoms with E-state index in [1.807, 2.05) is 0 Å². The van der Waals surface area contributed by atoms with Crippen molar-refractivity contribution in [2.24, 2.45) is 0 Å². The maximum absolute atomic E-state index is 12.6. The quantitative estimate of drug-likeness (QED) is 0.716. The molecule has 2 amide bonds. The molecule has 0 aliphatic carbocycles. The van der Waals surface area contributed by atoms with Gasteiger partial charge in [-0.25, -0.2) is 4.79 Å². The Morgan fingerprint density at radius 3 is 2.00 bits per heavy atom. The Balaban J connectivity index is 1.91. The summed E-state index contributed by atoms with van der Waals surface area (Å²) in [5.74, 6) is 0. The van der Waals surface area contributed by atoms with Crippen LogP contribution in [0.3, 0.4) is 0 Å². The van der Waals surface area contributed by atoms with E-state index in [1.165, 1.54) is 4.90 Å². The molecule has 2 heterocycles. The van der Waals surface area contributed by atoms with Crippen LogP contribution in [0.1, 0.15) is 12.8 Å². The molecule has 0 aromatic rings. The highest BCUT2D eigenvalue weighted by atomic mass is 19.4. The third-order valence-corrected chi connectivity index (χ3v) is 3.67. The van der Waals surface area contributed by atoms with Crippen LogP contribution in [0, 0.1) is 0 Å². The molecular weight excluding hydrogens is 265 g/mol. The number of rotatable bonds is 0. The van der Waals surface area contributed by atoms with Crippen molar-refractivity contribution < 1.29 is 27.8 Å². The number of nitrogens with zero attached hydrogens (tertiary/aromatic N) is 2. The number of urea groups is 1. The molecule has 0 atom stereocenters. The number of morpholine rings is 1. The minimum atomic E-state index is -4.64. The van der Waals surface area contributed by atoms with E-state index in [1.54, 1.807) is 4.90 Å². The summed E-state index contributed by atoms with van der Waals surface area (Å²) < 4.78 is 43.0. The van der Waals surface area contributed by atoms with E-state index in [2.05, 4.69) is 0 Å². The number of carbonyl (C=O) groups is 1. The predicted molar refractivity (Wildman–Crippen MR) is 59.6 cm³/mol. The number of alkyl halides is 3. The Kier molecular flexibility index (Phi) is 3.91. The zero-order valence-corrected chi connectivity index (χ0v) is 10.4. The molecule has 1 N–H and O–H groups in total. The number of hydrogen-bond donors (Lipinski definition) is 1. The standard InChI is InChI=1S/C11H17F3N2O3/c12-11(13,14)10(18)1-3-15(4-2-10)9(17)16-5-7-19-8-6-16/h18H,1-8H2. The van der Waals surface area contributed by atoms with Crippen molar-refractivity contribution in [2.75, 3.05) is 39.4 Å². The predicted octanol–water partition coefficient (Wildman–Crippen LogP) is 0.828. The molecule has 0 aromatic carbocycles. The molecule has 0 bridgehead atoms. The van der Waals surface area contributed by atoms with Gasteiger partial charge < -0.3 is 19.6 Å². The Hall–Kier alpha value is -1.02. The largest absolute Gasteiger partial charge is 0.417 e. The van der Waals surface area contributed by atoms with E-state index < -0.39 is 24.6 Å². The molecule has 2 aliphatic heterocycles. The molecule has 2 rings (SSSR count). The first-order valence-corrected chi connectivity index (χ1v) is 6.24. The lowest BCUT2D eigenvalue weighted by Crippen LogP contribution is -2.57. The van der Waals surface area contributed by atoms with E-state index in [0.717, 1.165) is 0 Å². The number of aliphatic hydroxyl groups is 1. The maximum atomic E-state index is 12.6. The molecule has 5 nitrogen and oxygen atoms in total. The summed E-state index contributed by atoms with van der Waals surface area (Å²) in [7, 11) is 0. The van der Waals surface area contributed by atoms with Crippen LogP contribution < -0.4 is 0 Å². The smallest absolute Gasteiger partial charge is 0.380 e. The average Bonchev–Trinajstić information content (AvgIpc) is 2.39. The van der Waals surface area contributed by atoms with Gasteiger partial charge in [0.1, 0.15) is 0 Å². The van der Waals surface area contributed by atoms with Crippen LogP contribution in [-0.4, -0.2) is 72.1 Å². The van der Waals surface area contributed by atoms with Gasteiger partial charge in [0.2, 0.25) is 0 Å². The lowest BCUT2D eigenvalue weighted by molar-refractivity contribution is -0.271. The minimum absolute atomic E-state index is 0.0772. The van der Waals surface area contributed by atoms with Gasteiger partial charge in [0.05, 0.1) is 13.2 Å². The second-order valence-electron chi connectivity index (χ2n) is 4.90. The Morgan fingerprint density at radius 1 is 1.05 bits per heavy atom. The number of carbonyl (C=O) groups excluding carboxylic acids is 1. The van der Waals surface area contributed by atoms with Crippen molar-refractivity contribution >= 4 is 6.03 Å². The molecule has 0 unspecified atom stereocenters. The number of likely N-dealkylation sites (tertiary alicyclic amines) is 1. The van der Waals surface area contributed by atoms with Crippen molar-refractivity contribution in [3.8, 4) is 0 Å². The van der Waals surface area contributed by atoms with Crippen LogP contribution in [0.15, 0.2) is 0 Å². The number of piperidine rings is 1. The van der Waals surface area contributed by atoms with E-state index in [9.17, 15) is 23.1 Å². The van der Waals surface area contributed by atoms with Crippen LogP contribution in [0.2, 0.25) is 0 Å². The Labute approximate surface area is 108 Å². The number of halogens is 3. The fourth-order valence-corrected chi connectivity index (χ4v) is 2.31. The number of ether oxygens (including phenoxy) is 1. The van der Waals surface area contributed by atoms with Crippen LogP contribution in [0.25, 0.3) is 0 Å². The topological polar surface area (TPSA) is 53.0 Å². The number of hydrogen-bond acceptors (Lipinski definition) is 3. The summed E-state index contributed by atoms with van der Waals surface area (Å²) in [6, 6.07) is -0.271. The van der Waals surface area contributed by atoms with E-state index >= 15 is 0 Å². The molecule has 2 aliphatic rings. The summed E-state index contributed by atoms with van der Waals surface area (Å²) in [6.45, 7) is 1.66. The summed E-state index contributed by atoms with van der Waals surface area (Å²) in [5, 5.41) is 9.52. The van der Waals surface area contributed by atoms with Gasteiger partial charge >= 0.3 is 12.2 Å². The van der Waals surface area contributed by atoms with Crippen molar-refractivity contribution in [1.29, 1.82) is 0 Å². The van der Waals surface area contributed by atoms with Crippen LogP contribution in [0.4, 0.5) is 18.0 Å². The molecule has 19 heavy (non-hydrogen) atoms. The molecular formula is C11H17F3N2O3. The van der Waals surface area contributed by atoms with E-state index in [0.29, 0.717) is 26.3 Å². The molecule has 8 heteroatoms. The number of amides is 2. The third-order valence-electron chi connectivity index (χ3n) is 3.67. The van der Waals surface area contributed by atoms with Crippen LogP contribution in [0.5, 0.6) is 0 Å². The van der Waals surface area contributed by atoms with Gasteiger partial charge in [-0.3, -0.25) is 0 Å². The monoisotopic (exact) mass is 282 g/mol. The molecule has 0 aromatic heterocycles. The summed E-state index contributed by atoms with van der Waals surface area (Å²) in [5.41, 5.74) is -2.66. The fraction of sp³-hybridized carbons (Fsp3) is 0.909. The molecule has 0 saturated carbocycles. The van der Waals surface area contributed by atoms with Crippen LogP contribution in [-0.2, 0) is 4.74 Å². The zero-order chi connectivity index (χ0) is 14.1. The van der Waals surface area contributed by atoms with Crippen molar-refractivity contribution in [3.05, 3.63) is 0 Å². The van der Waals surface area contributed by atoms with Gasteiger partial charge in [-0.2, -0.15) is 13.2 Å². The summed E-state index contributed by atoms with van der Waals surface area (Å²) in [4.78, 5) is 15.0.